The molecule has 0 atom stereocenters. The molecule has 3 N–H and O–H groups in total. The lowest BCUT2D eigenvalue weighted by Crippen LogP contribution is -2.33. The van der Waals surface area contributed by atoms with E-state index in [1.165, 1.54) is 11.3 Å². The van der Waals surface area contributed by atoms with Gasteiger partial charge in [-0.15, -0.1) is 11.3 Å². The Labute approximate surface area is 165 Å². The van der Waals surface area contributed by atoms with Crippen LogP contribution in [0.4, 0.5) is 5.00 Å². The second kappa shape index (κ2) is 7.20. The van der Waals surface area contributed by atoms with Gasteiger partial charge in [0.05, 0.1) is 16.7 Å². The molecule has 0 unspecified atom stereocenters. The molecule has 0 radical (unpaired) electrons. The highest BCUT2D eigenvalue weighted by atomic mass is 32.1. The Morgan fingerprint density at radius 1 is 1.07 bits per heavy atom. The lowest BCUT2D eigenvalue weighted by atomic mass is 9.95. The summed E-state index contributed by atoms with van der Waals surface area (Å²) in [6, 6.07) is 6.60. The molecule has 0 fully saturated rings. The molecule has 8 heteroatoms. The van der Waals surface area contributed by atoms with Crippen LogP contribution in [-0.2, 0) is 17.6 Å². The maximum Gasteiger partial charge on any atom is 0.261 e. The molecule has 4 amide bonds. The third-order valence-electron chi connectivity index (χ3n) is 5.11. The summed E-state index contributed by atoms with van der Waals surface area (Å²) in [7, 11) is 0. The Bertz CT molecular complexity index is 976. The van der Waals surface area contributed by atoms with E-state index >= 15 is 0 Å². The van der Waals surface area contributed by atoms with Crippen molar-refractivity contribution in [2.24, 2.45) is 5.73 Å². The van der Waals surface area contributed by atoms with E-state index in [-0.39, 0.29) is 18.9 Å². The zero-order chi connectivity index (χ0) is 19.8. The molecule has 4 rings (SSSR count). The Hall–Kier alpha value is -3.00. The minimum absolute atomic E-state index is 0.0187. The lowest BCUT2D eigenvalue weighted by Gasteiger charge is -2.13. The highest BCUT2D eigenvalue weighted by Crippen LogP contribution is 2.38. The Morgan fingerprint density at radius 3 is 2.36 bits per heavy atom. The van der Waals surface area contributed by atoms with Crippen molar-refractivity contribution in [3.63, 3.8) is 0 Å². The van der Waals surface area contributed by atoms with Gasteiger partial charge in [-0.25, -0.2) is 0 Å². The molecule has 0 saturated heterocycles. The highest BCUT2D eigenvalue weighted by Gasteiger charge is 2.35. The molecule has 1 aliphatic heterocycles. The van der Waals surface area contributed by atoms with Crippen LogP contribution in [0.5, 0.6) is 0 Å². The molecule has 0 spiro atoms. The molecule has 144 valence electrons. The van der Waals surface area contributed by atoms with Crippen molar-refractivity contribution in [3.8, 4) is 0 Å². The number of nitrogens with one attached hydrogen (secondary N) is 1. The summed E-state index contributed by atoms with van der Waals surface area (Å²) >= 11 is 1.39. The lowest BCUT2D eigenvalue weighted by molar-refractivity contribution is -0.116. The van der Waals surface area contributed by atoms with E-state index in [0.717, 1.165) is 41.0 Å². The average Bonchev–Trinajstić information content (AvgIpc) is 3.16. The van der Waals surface area contributed by atoms with Gasteiger partial charge in [0.2, 0.25) is 5.91 Å². The third-order valence-corrected chi connectivity index (χ3v) is 6.32. The molecule has 1 aromatic carbocycles. The van der Waals surface area contributed by atoms with Gasteiger partial charge in [0.15, 0.2) is 0 Å². The quantitative estimate of drug-likeness (QED) is 0.755. The van der Waals surface area contributed by atoms with Crippen molar-refractivity contribution < 1.29 is 19.2 Å². The number of aryl methyl sites for hydroxylation is 1. The molecule has 1 aliphatic carbocycles. The summed E-state index contributed by atoms with van der Waals surface area (Å²) in [6.45, 7) is -0.0187. The van der Waals surface area contributed by atoms with Gasteiger partial charge >= 0.3 is 0 Å². The number of amides is 4. The van der Waals surface area contributed by atoms with Crippen LogP contribution in [-0.4, -0.2) is 35.1 Å². The summed E-state index contributed by atoms with van der Waals surface area (Å²) in [4.78, 5) is 51.2. The van der Waals surface area contributed by atoms with Crippen molar-refractivity contribution in [2.45, 2.75) is 32.1 Å². The summed E-state index contributed by atoms with van der Waals surface area (Å²) in [5, 5.41) is 3.22. The van der Waals surface area contributed by atoms with Crippen LogP contribution in [0.15, 0.2) is 24.3 Å². The number of imide groups is 1. The average molecular weight is 397 g/mol. The summed E-state index contributed by atoms with van der Waals surface area (Å²) in [5.74, 6) is -1.69. The molecule has 28 heavy (non-hydrogen) atoms. The number of carbonyl (C=O) groups excluding carboxylic acids is 4. The minimum Gasteiger partial charge on any atom is -0.365 e. The van der Waals surface area contributed by atoms with Crippen LogP contribution < -0.4 is 11.1 Å². The summed E-state index contributed by atoms with van der Waals surface area (Å²) in [5.41, 5.74) is 7.59. The maximum absolute atomic E-state index is 12.4. The zero-order valence-corrected chi connectivity index (χ0v) is 15.9. The van der Waals surface area contributed by atoms with Crippen molar-refractivity contribution in [3.05, 3.63) is 51.4 Å². The number of carbonyl (C=O) groups is 4. The smallest absolute Gasteiger partial charge is 0.261 e. The molecule has 2 aliphatic rings. The van der Waals surface area contributed by atoms with Crippen LogP contribution in [0, 0.1) is 0 Å². The maximum atomic E-state index is 12.4. The van der Waals surface area contributed by atoms with Crippen molar-refractivity contribution in [1.29, 1.82) is 0 Å². The fourth-order valence-electron chi connectivity index (χ4n) is 3.76. The second-order valence-corrected chi connectivity index (χ2v) is 7.99. The molecule has 0 saturated carbocycles. The van der Waals surface area contributed by atoms with E-state index < -0.39 is 17.7 Å². The summed E-state index contributed by atoms with van der Waals surface area (Å²) in [6.07, 6.45) is 3.67. The van der Waals surface area contributed by atoms with E-state index in [2.05, 4.69) is 5.32 Å². The van der Waals surface area contributed by atoms with Crippen molar-refractivity contribution in [1.82, 2.24) is 4.90 Å². The van der Waals surface area contributed by atoms with Gasteiger partial charge in [0.25, 0.3) is 17.7 Å². The molecule has 0 bridgehead atoms. The van der Waals surface area contributed by atoms with Gasteiger partial charge in [-0.2, -0.15) is 0 Å². The first-order chi connectivity index (χ1) is 13.5. The molecule has 2 heterocycles. The molecule has 2 aromatic rings. The summed E-state index contributed by atoms with van der Waals surface area (Å²) < 4.78 is 0. The number of rotatable bonds is 5. The van der Waals surface area contributed by atoms with Crippen LogP contribution in [0.1, 0.15) is 60.8 Å². The first-order valence-corrected chi connectivity index (χ1v) is 9.98. The predicted octanol–water partition coefficient (Wildman–Crippen LogP) is 2.35. The molecule has 7 nitrogen and oxygen atoms in total. The first kappa shape index (κ1) is 18.4. The fraction of sp³-hybridized carbons (Fsp3) is 0.300. The normalized spacial score (nSPS) is 15.4. The van der Waals surface area contributed by atoms with Gasteiger partial charge in [-0.05, 0) is 43.4 Å². The number of primary amides is 1. The van der Waals surface area contributed by atoms with Crippen molar-refractivity contribution in [2.75, 3.05) is 11.9 Å². The number of nitrogens with two attached hydrogens (primary N) is 1. The molecule has 1 aromatic heterocycles. The number of anilines is 1. The Morgan fingerprint density at radius 2 is 1.71 bits per heavy atom. The van der Waals surface area contributed by atoms with Gasteiger partial charge in [0, 0.05) is 17.8 Å². The standard InChI is InChI=1S/C20H19N3O4S/c21-17(25)16-13-7-3-4-8-14(13)28-18(16)22-15(24)9-10-23-19(26)11-5-1-2-6-12(11)20(23)27/h1-2,5-6H,3-4,7-10H2,(H2,21,25)(H,22,24). The van der Waals surface area contributed by atoms with E-state index in [1.807, 2.05) is 0 Å². The first-order valence-electron chi connectivity index (χ1n) is 9.16. The predicted molar refractivity (Wildman–Crippen MR) is 105 cm³/mol. The van der Waals surface area contributed by atoms with Gasteiger partial charge in [0.1, 0.15) is 5.00 Å². The number of fused-ring (bicyclic) bond motifs is 2. The number of thiophene rings is 1. The van der Waals surface area contributed by atoms with E-state index in [4.69, 9.17) is 5.73 Å². The number of benzene rings is 1. The SMILES string of the molecule is NC(=O)c1c(NC(=O)CCN2C(=O)c3ccccc3C2=O)sc2c1CCCC2. The topological polar surface area (TPSA) is 110 Å². The number of hydrogen-bond acceptors (Lipinski definition) is 5. The van der Waals surface area contributed by atoms with Gasteiger partial charge in [-0.3, -0.25) is 24.1 Å². The minimum atomic E-state index is -0.546. The Kier molecular flexibility index (Phi) is 4.72. The van der Waals surface area contributed by atoms with Gasteiger partial charge < -0.3 is 11.1 Å². The van der Waals surface area contributed by atoms with E-state index in [0.29, 0.717) is 21.7 Å². The van der Waals surface area contributed by atoms with Crippen molar-refractivity contribution >= 4 is 40.0 Å². The fourth-order valence-corrected chi connectivity index (χ4v) is 5.07. The van der Waals surface area contributed by atoms with Gasteiger partial charge in [-0.1, -0.05) is 12.1 Å². The second-order valence-electron chi connectivity index (χ2n) is 6.88. The van der Waals surface area contributed by atoms with Crippen LogP contribution in [0.25, 0.3) is 0 Å². The number of hydrogen-bond donors (Lipinski definition) is 2. The highest BCUT2D eigenvalue weighted by molar-refractivity contribution is 7.17. The van der Waals surface area contributed by atoms with E-state index in [1.54, 1.807) is 24.3 Å². The number of nitrogens with zero attached hydrogens (tertiary/aromatic N) is 1. The largest absolute Gasteiger partial charge is 0.365 e. The van der Waals surface area contributed by atoms with Crippen LogP contribution >= 0.6 is 11.3 Å². The van der Waals surface area contributed by atoms with Crippen LogP contribution in [0.2, 0.25) is 0 Å². The third kappa shape index (κ3) is 3.09. The Balaban J connectivity index is 1.45. The van der Waals surface area contributed by atoms with Crippen LogP contribution in [0.3, 0.4) is 0 Å². The zero-order valence-electron chi connectivity index (χ0n) is 15.1. The van der Waals surface area contributed by atoms with E-state index in [9.17, 15) is 19.2 Å². The molecular formula is C20H19N3O4S. The molecular weight excluding hydrogens is 378 g/mol. The monoisotopic (exact) mass is 397 g/mol.